The molecule has 1 unspecified atom stereocenters. The summed E-state index contributed by atoms with van der Waals surface area (Å²) >= 11 is 1.68. The van der Waals surface area contributed by atoms with Gasteiger partial charge < -0.3 is 9.67 Å². The molecule has 2 heterocycles. The van der Waals surface area contributed by atoms with Gasteiger partial charge >= 0.3 is 5.97 Å². The summed E-state index contributed by atoms with van der Waals surface area (Å²) < 4.78 is 1.80. The van der Waals surface area contributed by atoms with Crippen molar-refractivity contribution in [2.45, 2.75) is 12.8 Å². The third kappa shape index (κ3) is 2.29. The van der Waals surface area contributed by atoms with Crippen LogP contribution in [0.3, 0.4) is 0 Å². The molecule has 88 valence electrons. The van der Waals surface area contributed by atoms with Crippen molar-refractivity contribution >= 4 is 30.6 Å². The molecule has 0 radical (unpaired) electrons. The van der Waals surface area contributed by atoms with Crippen molar-refractivity contribution in [3.8, 4) is 0 Å². The van der Waals surface area contributed by atoms with Gasteiger partial charge in [-0.25, -0.2) is 4.79 Å². The summed E-state index contributed by atoms with van der Waals surface area (Å²) in [4.78, 5) is 12.4. The van der Waals surface area contributed by atoms with Crippen LogP contribution in [0.25, 0.3) is 0 Å². The molecular formula is C12H14BNO2S. The van der Waals surface area contributed by atoms with Crippen LogP contribution < -0.4 is 5.46 Å². The van der Waals surface area contributed by atoms with Gasteiger partial charge in [0.05, 0.1) is 5.56 Å². The molecule has 5 heteroatoms. The van der Waals surface area contributed by atoms with Crippen molar-refractivity contribution in [3.63, 3.8) is 0 Å². The molecule has 2 rings (SSSR count). The van der Waals surface area contributed by atoms with Gasteiger partial charge in [0, 0.05) is 30.2 Å². The van der Waals surface area contributed by atoms with E-state index in [1.165, 1.54) is 10.3 Å². The van der Waals surface area contributed by atoms with Crippen molar-refractivity contribution in [1.82, 2.24) is 4.57 Å². The van der Waals surface area contributed by atoms with E-state index in [0.717, 1.165) is 5.56 Å². The van der Waals surface area contributed by atoms with E-state index < -0.39 is 5.97 Å². The molecule has 17 heavy (non-hydrogen) atoms. The zero-order chi connectivity index (χ0) is 12.6. The average molecular weight is 247 g/mol. The van der Waals surface area contributed by atoms with Crippen LogP contribution in [0.1, 0.15) is 33.6 Å². The first-order chi connectivity index (χ1) is 7.99. The van der Waals surface area contributed by atoms with Crippen molar-refractivity contribution in [3.05, 3.63) is 39.8 Å². The zero-order valence-electron chi connectivity index (χ0n) is 10.1. The van der Waals surface area contributed by atoms with E-state index in [-0.39, 0.29) is 5.92 Å². The summed E-state index contributed by atoms with van der Waals surface area (Å²) in [6.45, 7) is 2.05. The Bertz CT molecular complexity index is 559. The van der Waals surface area contributed by atoms with E-state index in [4.69, 9.17) is 0 Å². The normalized spacial score (nSPS) is 12.6. The highest BCUT2D eigenvalue weighted by atomic mass is 32.1. The topological polar surface area (TPSA) is 42.2 Å². The third-order valence-electron chi connectivity index (χ3n) is 2.86. The van der Waals surface area contributed by atoms with E-state index in [2.05, 4.69) is 19.3 Å². The first-order valence-electron chi connectivity index (χ1n) is 5.43. The van der Waals surface area contributed by atoms with Gasteiger partial charge in [-0.1, -0.05) is 18.5 Å². The molecule has 0 saturated carbocycles. The molecule has 0 spiro atoms. The molecular weight excluding hydrogens is 233 g/mol. The Balaban J connectivity index is 2.43. The zero-order valence-corrected chi connectivity index (χ0v) is 10.9. The number of carboxylic acids is 1. The number of carboxylic acid groups (broad SMARTS) is 1. The summed E-state index contributed by atoms with van der Waals surface area (Å²) in [5, 5.41) is 11.3. The van der Waals surface area contributed by atoms with E-state index >= 15 is 0 Å². The maximum absolute atomic E-state index is 11.2. The van der Waals surface area contributed by atoms with Crippen LogP contribution in [0.15, 0.2) is 23.8 Å². The van der Waals surface area contributed by atoms with Crippen LogP contribution >= 0.6 is 11.3 Å². The third-order valence-corrected chi connectivity index (χ3v) is 4.09. The minimum absolute atomic E-state index is 0.126. The Morgan fingerprint density at radius 2 is 2.24 bits per heavy atom. The van der Waals surface area contributed by atoms with Crippen LogP contribution in [0.4, 0.5) is 0 Å². The second-order valence-corrected chi connectivity index (χ2v) is 5.29. The van der Waals surface area contributed by atoms with Crippen LogP contribution in [0.5, 0.6) is 0 Å². The van der Waals surface area contributed by atoms with Crippen LogP contribution in [0, 0.1) is 0 Å². The van der Waals surface area contributed by atoms with Crippen LogP contribution in [-0.4, -0.2) is 23.5 Å². The molecule has 0 amide bonds. The second kappa shape index (κ2) is 4.41. The first-order valence-corrected chi connectivity index (χ1v) is 6.31. The molecule has 2 aromatic heterocycles. The van der Waals surface area contributed by atoms with Gasteiger partial charge in [-0.2, -0.15) is 0 Å². The molecule has 0 aromatic carbocycles. The monoisotopic (exact) mass is 247 g/mol. The first kappa shape index (κ1) is 12.0. The Labute approximate surface area is 105 Å². The molecule has 0 bridgehead atoms. The standard InChI is InChI=1S/C12H14BNO2S/c1-7(11-3-8(13)6-17-11)9-4-14(2)5-10(9)12(15)16/h3-7H,13H2,1-2H3,(H,15,16). The molecule has 3 nitrogen and oxygen atoms in total. The number of thiophene rings is 1. The highest BCUT2D eigenvalue weighted by Gasteiger charge is 2.19. The second-order valence-electron chi connectivity index (χ2n) is 4.35. The van der Waals surface area contributed by atoms with Crippen molar-refractivity contribution < 1.29 is 9.90 Å². The maximum atomic E-state index is 11.2. The van der Waals surface area contributed by atoms with Crippen molar-refractivity contribution in [2.24, 2.45) is 7.05 Å². The Hall–Kier alpha value is -1.49. The summed E-state index contributed by atoms with van der Waals surface area (Å²) in [7, 11) is 3.90. The number of hydrogen-bond acceptors (Lipinski definition) is 2. The van der Waals surface area contributed by atoms with Crippen molar-refractivity contribution in [2.75, 3.05) is 0 Å². The quantitative estimate of drug-likeness (QED) is 0.828. The lowest BCUT2D eigenvalue weighted by atomic mass is 9.94. The summed E-state index contributed by atoms with van der Waals surface area (Å²) in [5.74, 6) is -0.735. The summed E-state index contributed by atoms with van der Waals surface area (Å²) in [6.07, 6.45) is 3.55. The minimum atomic E-state index is -0.860. The number of aryl methyl sites for hydroxylation is 1. The Kier molecular flexibility index (Phi) is 3.11. The molecule has 0 saturated heterocycles. The fraction of sp³-hybridized carbons (Fsp3) is 0.250. The smallest absolute Gasteiger partial charge is 0.337 e. The van der Waals surface area contributed by atoms with Gasteiger partial charge in [-0.15, -0.1) is 11.3 Å². The van der Waals surface area contributed by atoms with E-state index in [0.29, 0.717) is 5.56 Å². The lowest BCUT2D eigenvalue weighted by Crippen LogP contribution is -2.03. The van der Waals surface area contributed by atoms with Crippen LogP contribution in [0.2, 0.25) is 0 Å². The van der Waals surface area contributed by atoms with Crippen LogP contribution in [-0.2, 0) is 7.05 Å². The minimum Gasteiger partial charge on any atom is -0.478 e. The van der Waals surface area contributed by atoms with Crippen molar-refractivity contribution in [1.29, 1.82) is 0 Å². The van der Waals surface area contributed by atoms with E-state index in [1.807, 2.05) is 20.2 Å². The highest BCUT2D eigenvalue weighted by molar-refractivity contribution is 7.11. The maximum Gasteiger partial charge on any atom is 0.337 e. The van der Waals surface area contributed by atoms with Gasteiger partial charge in [-0.05, 0) is 10.9 Å². The van der Waals surface area contributed by atoms with Gasteiger partial charge in [0.2, 0.25) is 0 Å². The van der Waals surface area contributed by atoms with Gasteiger partial charge in [-0.3, -0.25) is 0 Å². The summed E-state index contributed by atoms with van der Waals surface area (Å²) in [6, 6.07) is 2.12. The van der Waals surface area contributed by atoms with E-state index in [1.54, 1.807) is 22.1 Å². The summed E-state index contributed by atoms with van der Waals surface area (Å²) in [5.41, 5.74) is 2.50. The number of rotatable bonds is 3. The van der Waals surface area contributed by atoms with Gasteiger partial charge in [0.1, 0.15) is 7.85 Å². The van der Waals surface area contributed by atoms with Gasteiger partial charge in [0.25, 0.3) is 0 Å². The fourth-order valence-electron chi connectivity index (χ4n) is 1.96. The number of aromatic carboxylic acids is 1. The molecule has 0 aliphatic rings. The van der Waals surface area contributed by atoms with Gasteiger partial charge in [0.15, 0.2) is 0 Å². The lowest BCUT2D eigenvalue weighted by Gasteiger charge is -2.08. The largest absolute Gasteiger partial charge is 0.478 e. The molecule has 0 aliphatic carbocycles. The fourth-order valence-corrected chi connectivity index (χ4v) is 2.94. The number of aromatic nitrogens is 1. The molecule has 1 atom stereocenters. The lowest BCUT2D eigenvalue weighted by molar-refractivity contribution is 0.0695. The average Bonchev–Trinajstić information content (AvgIpc) is 2.83. The Morgan fingerprint density at radius 1 is 1.53 bits per heavy atom. The van der Waals surface area contributed by atoms with E-state index in [9.17, 15) is 9.90 Å². The number of carbonyl (C=O) groups is 1. The molecule has 1 N–H and O–H groups in total. The SMILES string of the molecule is Bc1csc(C(C)c2cn(C)cc2C(=O)O)c1. The highest BCUT2D eigenvalue weighted by Crippen LogP contribution is 2.29. The predicted octanol–water partition coefficient (Wildman–Crippen LogP) is 1.20. The number of hydrogen-bond donors (Lipinski definition) is 1. The molecule has 0 fully saturated rings. The molecule has 2 aromatic rings. The number of nitrogens with zero attached hydrogens (tertiary/aromatic N) is 1. The molecule has 0 aliphatic heterocycles. The Morgan fingerprint density at radius 3 is 2.76 bits per heavy atom. The predicted molar refractivity (Wildman–Crippen MR) is 72.4 cm³/mol.